The number of hydrogen-bond acceptors (Lipinski definition) is 13. The first-order valence-electron chi connectivity index (χ1n) is 27.9. The molecule has 0 saturated carbocycles. The molecule has 0 atom stereocenters. The fraction of sp³-hybridized carbons (Fsp3) is 0.110. The number of nitrogens with zero attached hydrogens (tertiary/aromatic N) is 7. The Labute approximate surface area is 564 Å². The molecule has 480 valence electrons. The van der Waals surface area contributed by atoms with Crippen molar-refractivity contribution in [3.05, 3.63) is 284 Å². The molecule has 20 heteroatoms. The average Bonchev–Trinajstić information content (AvgIpc) is 1.64. The first-order valence-corrected chi connectivity index (χ1v) is 29.4. The minimum Gasteiger partial charge on any atom is -0.486 e. The molecule has 2 radical (unpaired) electrons. The number of furan rings is 2. The number of alkyl halides is 3. The molecule has 0 aliphatic heterocycles. The Morgan fingerprint density at radius 2 is 0.796 bits per heavy atom. The van der Waals surface area contributed by atoms with Crippen molar-refractivity contribution in [2.24, 2.45) is 0 Å². The smallest absolute Gasteiger partial charge is 0.486 e. The molecule has 0 spiro atoms. The summed E-state index contributed by atoms with van der Waals surface area (Å²) < 4.78 is 69.4. The van der Waals surface area contributed by atoms with E-state index in [0.717, 1.165) is 115 Å². The van der Waals surface area contributed by atoms with E-state index in [4.69, 9.17) is 32.0 Å². The Morgan fingerprint density at radius 1 is 0.398 bits per heavy atom. The van der Waals surface area contributed by atoms with Crippen LogP contribution in [0, 0.1) is 58.9 Å². The zero-order valence-electron chi connectivity index (χ0n) is 51.3. The van der Waals surface area contributed by atoms with Crippen LogP contribution in [0.2, 0.25) is 0 Å². The van der Waals surface area contributed by atoms with Crippen LogP contribution >= 0.6 is 0 Å². The van der Waals surface area contributed by atoms with Crippen LogP contribution < -0.4 is 0 Å². The van der Waals surface area contributed by atoms with Crippen molar-refractivity contribution in [3.8, 4) is 56.3 Å². The van der Waals surface area contributed by atoms with Gasteiger partial charge in [0.25, 0.3) is 0 Å². The molecule has 14 nitrogen and oxygen atoms in total. The minimum atomic E-state index is -5.84. The van der Waals surface area contributed by atoms with Gasteiger partial charge in [0.2, 0.25) is 11.4 Å². The zero-order chi connectivity index (χ0) is 65.3. The van der Waals surface area contributed by atoms with Crippen molar-refractivity contribution in [2.45, 2.75) is 40.1 Å². The Bertz CT molecular complexity index is 4280. The number of aliphatic hydroxyl groups is 2. The number of rotatable bonds is 5. The van der Waals surface area contributed by atoms with E-state index < -0.39 is 15.6 Å². The molecule has 14 aromatic rings. The number of fused-ring (bicyclic) bond motifs is 6. The van der Waals surface area contributed by atoms with Crippen LogP contribution in [-0.2, 0) is 50.3 Å². The molecule has 0 bridgehead atoms. The monoisotopic (exact) mass is 1620 g/mol. The molecule has 0 amide bonds. The van der Waals surface area contributed by atoms with Gasteiger partial charge in [-0.25, -0.2) is 9.97 Å². The van der Waals surface area contributed by atoms with Gasteiger partial charge in [0.15, 0.2) is 0 Å². The third-order valence-electron chi connectivity index (χ3n) is 12.8. The molecular formula is C73H62F3Ir2N7O7S-4. The molecule has 0 aliphatic rings. The Kier molecular flexibility index (Phi) is 29.3. The maximum atomic E-state index is 10.7. The predicted molar refractivity (Wildman–Crippen MR) is 351 cm³/mol. The molecule has 14 rings (SSSR count). The number of aromatic nitrogens is 7. The van der Waals surface area contributed by atoms with Crippen LogP contribution in [0.1, 0.15) is 28.1 Å². The molecule has 0 unspecified atom stereocenters. The molecule has 9 aromatic heterocycles. The second-order valence-corrected chi connectivity index (χ2v) is 20.8. The Balaban J connectivity index is 0.000000204. The number of benzene rings is 5. The van der Waals surface area contributed by atoms with E-state index in [2.05, 4.69) is 89.5 Å². The first-order chi connectivity index (χ1) is 44.0. The van der Waals surface area contributed by atoms with E-state index in [9.17, 15) is 13.2 Å². The van der Waals surface area contributed by atoms with Crippen molar-refractivity contribution < 1.29 is 85.4 Å². The summed E-state index contributed by atoms with van der Waals surface area (Å²) in [5.74, 6) is 0. The van der Waals surface area contributed by atoms with E-state index >= 15 is 0 Å². The third kappa shape index (κ3) is 21.1. The van der Waals surface area contributed by atoms with Crippen LogP contribution in [0.3, 0.4) is 0 Å². The molecule has 5 aromatic carbocycles. The van der Waals surface area contributed by atoms with E-state index in [1.807, 2.05) is 223 Å². The van der Waals surface area contributed by atoms with E-state index in [-0.39, 0.29) is 40.2 Å². The van der Waals surface area contributed by atoms with Crippen molar-refractivity contribution in [1.82, 2.24) is 34.9 Å². The molecule has 0 fully saturated rings. The van der Waals surface area contributed by atoms with Crippen LogP contribution in [0.4, 0.5) is 13.2 Å². The summed E-state index contributed by atoms with van der Waals surface area (Å²) in [4.78, 5) is 30.6. The zero-order valence-corrected chi connectivity index (χ0v) is 56.9. The second-order valence-electron chi connectivity index (χ2n) is 19.4. The number of halogens is 3. The maximum Gasteiger partial charge on any atom is 0.522 e. The van der Waals surface area contributed by atoms with Crippen LogP contribution in [0.15, 0.2) is 240 Å². The summed E-state index contributed by atoms with van der Waals surface area (Å²) in [6.45, 7) is 10.0. The molecule has 0 aliphatic carbocycles. The average molecular weight is 1620 g/mol. The number of hydrogen-bond donors (Lipinski definition) is 3. The van der Waals surface area contributed by atoms with Crippen molar-refractivity contribution >= 4 is 54.3 Å². The minimum absolute atomic E-state index is 0. The SMILES string of the molecule is CO.CO.Cc1ccc(-c2[c-]cccc2)nc1.Cc1ccc(-c2[c-]cccc2)nc1.Cc1ccc(-c2[c-]cccc2)nc1.Cc1ccc2c(n1)oc1c(-c3ccccn3)[c-]ccc12.Cc1ccc2c(n1)oc1c(-c3ccccn3)cccc12.O=S(=O)(O)C(F)(F)F.[Ir].[Ir]. The first kappa shape index (κ1) is 74.4. The summed E-state index contributed by atoms with van der Waals surface area (Å²) >= 11 is 0. The number of para-hydroxylation sites is 1. The van der Waals surface area contributed by atoms with Gasteiger partial charge in [-0.3, -0.25) is 9.54 Å². The Morgan fingerprint density at radius 3 is 1.16 bits per heavy atom. The number of aryl methyl sites for hydroxylation is 5. The van der Waals surface area contributed by atoms with Gasteiger partial charge < -0.3 is 39.0 Å². The summed E-state index contributed by atoms with van der Waals surface area (Å²) in [5.41, 5.74) is 12.6. The number of aliphatic hydroxyl groups excluding tert-OH is 2. The second kappa shape index (κ2) is 36.6. The van der Waals surface area contributed by atoms with Gasteiger partial charge >= 0.3 is 15.6 Å². The summed E-state index contributed by atoms with van der Waals surface area (Å²) in [6.07, 6.45) is 9.18. The maximum absolute atomic E-state index is 10.7. The quantitative estimate of drug-likeness (QED) is 0.0831. The van der Waals surface area contributed by atoms with Gasteiger partial charge in [-0.15, -0.1) is 126 Å². The van der Waals surface area contributed by atoms with Crippen LogP contribution in [0.5, 0.6) is 0 Å². The standard InChI is InChI=1S/C17H12N2O.C17H11N2O.3C12H10N.CHF3O3S.2CH4O.2Ir/c2*1-11-8-9-13-12-5-4-6-14(15-7-2-3-10-18-15)16(12)20-17(13)19-11;3*1-10-7-8-12(13-9-10)11-5-3-2-4-6-11;2-1(3,4)8(5,6)7;2*1-2;;/h2-10H,1H3;2-5,7-10H,1H3;3*2-5,7-9H,1H3;(H,5,6,7);2*2H,1H3;;/q;4*-1;;;;;. The normalized spacial score (nSPS) is 10.3. The van der Waals surface area contributed by atoms with Crippen LogP contribution in [0.25, 0.3) is 100 Å². The molecular weight excluding hydrogens is 1560 g/mol. The van der Waals surface area contributed by atoms with E-state index in [0.29, 0.717) is 11.4 Å². The predicted octanol–water partition coefficient (Wildman–Crippen LogP) is 16.7. The largest absolute Gasteiger partial charge is 0.522 e. The van der Waals surface area contributed by atoms with Gasteiger partial charge in [-0.1, -0.05) is 77.7 Å². The fourth-order valence-electron chi connectivity index (χ4n) is 8.45. The molecule has 93 heavy (non-hydrogen) atoms. The topological polar surface area (TPSA) is 211 Å². The number of pyridine rings is 7. The summed E-state index contributed by atoms with van der Waals surface area (Å²) in [7, 11) is -3.84. The third-order valence-corrected chi connectivity index (χ3v) is 13.4. The van der Waals surface area contributed by atoms with Gasteiger partial charge in [0, 0.05) is 119 Å². The van der Waals surface area contributed by atoms with Crippen molar-refractivity contribution in [2.75, 3.05) is 14.2 Å². The molecule has 0 saturated heterocycles. The van der Waals surface area contributed by atoms with Crippen LogP contribution in [-0.4, -0.2) is 77.8 Å². The molecule has 9 heterocycles. The fourth-order valence-corrected chi connectivity index (χ4v) is 8.45. The molecule has 3 N–H and O–H groups in total. The Hall–Kier alpha value is -9.33. The van der Waals surface area contributed by atoms with Gasteiger partial charge in [-0.05, 0) is 123 Å². The van der Waals surface area contributed by atoms with Crippen molar-refractivity contribution in [3.63, 3.8) is 0 Å². The van der Waals surface area contributed by atoms with Gasteiger partial charge in [0.05, 0.1) is 11.3 Å². The van der Waals surface area contributed by atoms with E-state index in [1.165, 1.54) is 16.7 Å². The van der Waals surface area contributed by atoms with Gasteiger partial charge in [-0.2, -0.15) is 21.6 Å². The summed E-state index contributed by atoms with van der Waals surface area (Å²) in [5, 5.41) is 18.2. The summed E-state index contributed by atoms with van der Waals surface area (Å²) in [6, 6.07) is 78.3. The van der Waals surface area contributed by atoms with Gasteiger partial charge in [0.1, 0.15) is 5.58 Å². The van der Waals surface area contributed by atoms with Crippen molar-refractivity contribution in [1.29, 1.82) is 0 Å². The van der Waals surface area contributed by atoms with E-state index in [1.54, 1.807) is 12.4 Å².